The Hall–Kier alpha value is -3.94. The van der Waals surface area contributed by atoms with Crippen molar-refractivity contribution in [2.24, 2.45) is 0 Å². The second-order valence-electron chi connectivity index (χ2n) is 5.16. The Morgan fingerprint density at radius 1 is 0.538 bits per heavy atom. The molecule has 8 heteroatoms. The maximum atomic E-state index is 11.2. The van der Waals surface area contributed by atoms with Crippen LogP contribution in [-0.2, 0) is 0 Å². The van der Waals surface area contributed by atoms with E-state index in [0.29, 0.717) is 11.1 Å². The van der Waals surface area contributed by atoms with Gasteiger partial charge in [-0.25, -0.2) is 19.2 Å². The van der Waals surface area contributed by atoms with Gasteiger partial charge in [-0.2, -0.15) is 0 Å². The van der Waals surface area contributed by atoms with E-state index in [1.165, 1.54) is 36.4 Å². The minimum Gasteiger partial charge on any atom is -0.478 e. The van der Waals surface area contributed by atoms with E-state index in [9.17, 15) is 19.2 Å². The van der Waals surface area contributed by atoms with Gasteiger partial charge in [0.25, 0.3) is 0 Å². The zero-order valence-electron chi connectivity index (χ0n) is 13.0. The molecule has 26 heavy (non-hydrogen) atoms. The Balaban J connectivity index is 2.41. The molecule has 0 aliphatic carbocycles. The minimum atomic E-state index is -1.39. The van der Waals surface area contributed by atoms with E-state index in [1.54, 1.807) is 0 Å². The molecule has 132 valence electrons. The van der Waals surface area contributed by atoms with Crippen LogP contribution in [0.5, 0.6) is 0 Å². The van der Waals surface area contributed by atoms with Crippen LogP contribution in [0.15, 0.2) is 36.4 Å². The monoisotopic (exact) mass is 356 g/mol. The van der Waals surface area contributed by atoms with Gasteiger partial charge in [-0.05, 0) is 35.4 Å². The first-order valence-corrected chi connectivity index (χ1v) is 7.10. The fourth-order valence-electron chi connectivity index (χ4n) is 2.25. The lowest BCUT2D eigenvalue weighted by atomic mass is 10.0. The summed E-state index contributed by atoms with van der Waals surface area (Å²) in [5.74, 6) is -5.52. The molecule has 0 amide bonds. The molecule has 4 N–H and O–H groups in total. The molecule has 0 bridgehead atoms. The Morgan fingerprint density at radius 3 is 1.12 bits per heavy atom. The zero-order valence-corrected chi connectivity index (χ0v) is 13.0. The number of hydrogen-bond donors (Lipinski definition) is 4. The highest BCUT2D eigenvalue weighted by Crippen LogP contribution is 2.18. The third kappa shape index (κ3) is 3.93. The van der Waals surface area contributed by atoms with Gasteiger partial charge in [-0.3, -0.25) is 0 Å². The summed E-state index contributed by atoms with van der Waals surface area (Å²) >= 11 is 0. The molecular formula is C18H12O8. The van der Waals surface area contributed by atoms with Crippen LogP contribution in [-0.4, -0.2) is 44.3 Å². The van der Waals surface area contributed by atoms with Crippen LogP contribution in [0.25, 0.3) is 12.2 Å². The average Bonchev–Trinajstić information content (AvgIpc) is 2.59. The molecule has 0 aromatic heterocycles. The van der Waals surface area contributed by atoms with Crippen LogP contribution in [0.2, 0.25) is 0 Å². The summed E-state index contributed by atoms with van der Waals surface area (Å²) in [6.07, 6.45) is 2.92. The van der Waals surface area contributed by atoms with E-state index in [1.807, 2.05) is 0 Å². The molecule has 0 saturated heterocycles. The van der Waals surface area contributed by atoms with Crippen LogP contribution < -0.4 is 0 Å². The van der Waals surface area contributed by atoms with Crippen LogP contribution >= 0.6 is 0 Å². The largest absolute Gasteiger partial charge is 0.478 e. The van der Waals surface area contributed by atoms with Crippen molar-refractivity contribution >= 4 is 36.0 Å². The Bertz CT molecular complexity index is 878. The van der Waals surface area contributed by atoms with E-state index in [2.05, 4.69) is 0 Å². The molecule has 8 nitrogen and oxygen atoms in total. The van der Waals surface area contributed by atoms with Gasteiger partial charge in [0.1, 0.15) is 0 Å². The fraction of sp³-hybridized carbons (Fsp3) is 0. The number of carboxylic acid groups (broad SMARTS) is 4. The van der Waals surface area contributed by atoms with Crippen molar-refractivity contribution in [3.63, 3.8) is 0 Å². The van der Waals surface area contributed by atoms with Gasteiger partial charge >= 0.3 is 23.9 Å². The van der Waals surface area contributed by atoms with Crippen molar-refractivity contribution in [1.29, 1.82) is 0 Å². The van der Waals surface area contributed by atoms with Crippen molar-refractivity contribution in [2.75, 3.05) is 0 Å². The van der Waals surface area contributed by atoms with Crippen molar-refractivity contribution < 1.29 is 39.6 Å². The maximum Gasteiger partial charge on any atom is 0.336 e. The first-order valence-electron chi connectivity index (χ1n) is 7.10. The quantitative estimate of drug-likeness (QED) is 0.577. The summed E-state index contributed by atoms with van der Waals surface area (Å²) < 4.78 is 0. The van der Waals surface area contributed by atoms with Gasteiger partial charge < -0.3 is 20.4 Å². The van der Waals surface area contributed by atoms with Gasteiger partial charge in [0.2, 0.25) is 0 Å². The highest BCUT2D eigenvalue weighted by Gasteiger charge is 2.17. The second-order valence-corrected chi connectivity index (χ2v) is 5.16. The SMILES string of the molecule is O=C(O)c1ccc(/C=C/c2ccc(C(=O)O)c(C(=O)O)c2)cc1C(=O)O. The molecule has 0 aliphatic rings. The van der Waals surface area contributed by atoms with Gasteiger partial charge in [0.05, 0.1) is 22.3 Å². The molecule has 0 aliphatic heterocycles. The number of carboxylic acids is 4. The van der Waals surface area contributed by atoms with Crippen LogP contribution in [0, 0.1) is 0 Å². The minimum absolute atomic E-state index is 0.353. The molecule has 0 atom stereocenters. The fourth-order valence-corrected chi connectivity index (χ4v) is 2.25. The summed E-state index contributed by atoms with van der Waals surface area (Å²) in [5.41, 5.74) is -0.709. The van der Waals surface area contributed by atoms with Crippen LogP contribution in [0.3, 0.4) is 0 Å². The van der Waals surface area contributed by atoms with Gasteiger partial charge in [-0.1, -0.05) is 24.3 Å². The molecule has 2 aromatic carbocycles. The van der Waals surface area contributed by atoms with E-state index < -0.39 is 23.9 Å². The standard InChI is InChI=1S/C18H12O8/c19-15(20)11-5-3-9(7-13(11)17(23)24)1-2-10-4-6-12(16(21)22)14(8-10)18(25)26/h1-8H,(H,19,20)(H,21,22)(H,23,24)(H,25,26)/b2-1+. The molecule has 0 fully saturated rings. The molecule has 0 heterocycles. The van der Waals surface area contributed by atoms with E-state index >= 15 is 0 Å². The molecule has 0 radical (unpaired) electrons. The first-order chi connectivity index (χ1) is 12.2. The number of rotatable bonds is 6. The van der Waals surface area contributed by atoms with E-state index in [4.69, 9.17) is 20.4 Å². The predicted molar refractivity (Wildman–Crippen MR) is 89.6 cm³/mol. The third-order valence-electron chi connectivity index (χ3n) is 3.48. The topological polar surface area (TPSA) is 149 Å². The highest BCUT2D eigenvalue weighted by molar-refractivity contribution is 6.03. The number of benzene rings is 2. The maximum absolute atomic E-state index is 11.2. The molecule has 0 saturated carbocycles. The third-order valence-corrected chi connectivity index (χ3v) is 3.48. The normalized spacial score (nSPS) is 10.6. The van der Waals surface area contributed by atoms with Crippen molar-refractivity contribution in [2.45, 2.75) is 0 Å². The van der Waals surface area contributed by atoms with Gasteiger partial charge in [0, 0.05) is 0 Å². The molecular weight excluding hydrogens is 344 g/mol. The zero-order chi connectivity index (χ0) is 19.4. The summed E-state index contributed by atoms with van der Waals surface area (Å²) in [4.78, 5) is 44.4. The summed E-state index contributed by atoms with van der Waals surface area (Å²) in [7, 11) is 0. The molecule has 0 spiro atoms. The van der Waals surface area contributed by atoms with Gasteiger partial charge in [-0.15, -0.1) is 0 Å². The summed E-state index contributed by atoms with van der Waals surface area (Å²) in [6.45, 7) is 0. The number of carbonyl (C=O) groups is 4. The van der Waals surface area contributed by atoms with Crippen molar-refractivity contribution in [3.8, 4) is 0 Å². The molecule has 2 rings (SSSR count). The Kier molecular flexibility index (Phi) is 5.17. The number of aromatic carboxylic acids is 4. The summed E-state index contributed by atoms with van der Waals surface area (Å²) in [6, 6.07) is 7.45. The predicted octanol–water partition coefficient (Wildman–Crippen LogP) is 2.65. The van der Waals surface area contributed by atoms with Crippen molar-refractivity contribution in [1.82, 2.24) is 0 Å². The number of hydrogen-bond acceptors (Lipinski definition) is 4. The van der Waals surface area contributed by atoms with Crippen LogP contribution in [0.4, 0.5) is 0 Å². The lowest BCUT2D eigenvalue weighted by Crippen LogP contribution is -2.08. The first kappa shape index (κ1) is 18.4. The Labute approximate surface area is 146 Å². The smallest absolute Gasteiger partial charge is 0.336 e. The second kappa shape index (κ2) is 7.31. The lowest BCUT2D eigenvalue weighted by Gasteiger charge is -2.04. The highest BCUT2D eigenvalue weighted by atomic mass is 16.4. The van der Waals surface area contributed by atoms with Gasteiger partial charge in [0.15, 0.2) is 0 Å². The Morgan fingerprint density at radius 2 is 0.846 bits per heavy atom. The van der Waals surface area contributed by atoms with E-state index in [0.717, 1.165) is 12.1 Å². The molecule has 0 unspecified atom stereocenters. The average molecular weight is 356 g/mol. The van der Waals surface area contributed by atoms with E-state index in [-0.39, 0.29) is 22.3 Å². The summed E-state index contributed by atoms with van der Waals surface area (Å²) in [5, 5.41) is 36.2. The van der Waals surface area contributed by atoms with Crippen LogP contribution in [0.1, 0.15) is 52.6 Å². The molecule has 2 aromatic rings. The van der Waals surface area contributed by atoms with Crippen molar-refractivity contribution in [3.05, 3.63) is 69.8 Å². The lowest BCUT2D eigenvalue weighted by molar-refractivity contribution is 0.0651.